The molecule has 1 aliphatic rings. The first-order valence-corrected chi connectivity index (χ1v) is 8.18. The first-order chi connectivity index (χ1) is 9.07. The summed E-state index contributed by atoms with van der Waals surface area (Å²) in [6, 6.07) is 0.104. The van der Waals surface area contributed by atoms with Crippen molar-refractivity contribution in [2.45, 2.75) is 72.9 Å². The predicted molar refractivity (Wildman–Crippen MR) is 86.7 cm³/mol. The summed E-state index contributed by atoms with van der Waals surface area (Å²) in [6.07, 6.45) is 3.73. The van der Waals surface area contributed by atoms with Crippen LogP contribution in [0.25, 0.3) is 0 Å². The Labute approximate surface area is 125 Å². The maximum Gasteiger partial charge on any atom is 0.0602 e. The second-order valence-electron chi connectivity index (χ2n) is 8.67. The molecule has 1 fully saturated rings. The number of likely N-dealkylation sites (tertiary alicyclic amines) is 1. The highest BCUT2D eigenvalue weighted by Crippen LogP contribution is 2.35. The van der Waals surface area contributed by atoms with Gasteiger partial charge in [-0.2, -0.15) is 0 Å². The maximum absolute atomic E-state index is 9.81. The van der Waals surface area contributed by atoms with Gasteiger partial charge in [0.1, 0.15) is 0 Å². The zero-order valence-corrected chi connectivity index (χ0v) is 14.4. The molecule has 3 N–H and O–H groups in total. The van der Waals surface area contributed by atoms with Gasteiger partial charge in [0.15, 0.2) is 0 Å². The lowest BCUT2D eigenvalue weighted by Crippen LogP contribution is -2.55. The molecule has 0 radical (unpaired) electrons. The molecule has 0 bridgehead atoms. The van der Waals surface area contributed by atoms with Gasteiger partial charge in [-0.1, -0.05) is 41.5 Å². The van der Waals surface area contributed by atoms with Crippen molar-refractivity contribution >= 4 is 0 Å². The second kappa shape index (κ2) is 6.76. The van der Waals surface area contributed by atoms with Crippen LogP contribution in [0.3, 0.4) is 0 Å². The summed E-state index contributed by atoms with van der Waals surface area (Å²) in [5.41, 5.74) is 6.82. The molecule has 3 unspecified atom stereocenters. The van der Waals surface area contributed by atoms with Crippen LogP contribution in [-0.2, 0) is 0 Å². The van der Waals surface area contributed by atoms with E-state index in [0.717, 1.165) is 19.0 Å². The van der Waals surface area contributed by atoms with Crippen LogP contribution < -0.4 is 5.73 Å². The van der Waals surface area contributed by atoms with E-state index in [1.807, 2.05) is 0 Å². The fourth-order valence-electron chi connectivity index (χ4n) is 3.35. The summed E-state index contributed by atoms with van der Waals surface area (Å²) in [4.78, 5) is 2.43. The third kappa shape index (κ3) is 4.71. The Bertz CT molecular complexity index is 290. The summed E-state index contributed by atoms with van der Waals surface area (Å²) in [7, 11) is 0. The average Bonchev–Trinajstić information content (AvgIpc) is 2.54. The minimum Gasteiger partial charge on any atom is -0.395 e. The van der Waals surface area contributed by atoms with Crippen molar-refractivity contribution in [3.8, 4) is 0 Å². The van der Waals surface area contributed by atoms with Crippen molar-refractivity contribution in [1.29, 1.82) is 0 Å². The third-order valence-corrected chi connectivity index (χ3v) is 5.06. The Kier molecular flexibility index (Phi) is 6.06. The summed E-state index contributed by atoms with van der Waals surface area (Å²) in [5.74, 6) is 0.776. The predicted octanol–water partition coefficient (Wildman–Crippen LogP) is 2.87. The molecule has 0 aromatic carbocycles. The van der Waals surface area contributed by atoms with E-state index in [4.69, 9.17) is 5.73 Å². The number of rotatable bonds is 3. The topological polar surface area (TPSA) is 49.5 Å². The van der Waals surface area contributed by atoms with Gasteiger partial charge >= 0.3 is 0 Å². The minimum atomic E-state index is 0.0127. The molecular weight excluding hydrogens is 248 g/mol. The lowest BCUT2D eigenvalue weighted by Gasteiger charge is -2.40. The Morgan fingerprint density at radius 3 is 2.15 bits per heavy atom. The molecule has 3 atom stereocenters. The average molecular weight is 284 g/mol. The molecule has 0 aliphatic carbocycles. The molecule has 3 heteroatoms. The molecule has 3 nitrogen and oxygen atoms in total. The van der Waals surface area contributed by atoms with Crippen molar-refractivity contribution in [2.75, 3.05) is 19.7 Å². The second-order valence-corrected chi connectivity index (χ2v) is 8.67. The van der Waals surface area contributed by atoms with Gasteiger partial charge in [-0.3, -0.25) is 4.90 Å². The quantitative estimate of drug-likeness (QED) is 0.838. The first kappa shape index (κ1) is 17.9. The van der Waals surface area contributed by atoms with Crippen LogP contribution in [0.1, 0.15) is 60.8 Å². The Balaban J connectivity index is 2.71. The van der Waals surface area contributed by atoms with Gasteiger partial charge < -0.3 is 10.8 Å². The van der Waals surface area contributed by atoms with Crippen LogP contribution in [0, 0.1) is 16.7 Å². The molecular formula is C17H36N2O. The van der Waals surface area contributed by atoms with Gasteiger partial charge in [-0.25, -0.2) is 0 Å². The highest BCUT2D eigenvalue weighted by Gasteiger charge is 2.35. The van der Waals surface area contributed by atoms with E-state index in [1.54, 1.807) is 0 Å². The molecule has 0 aromatic heterocycles. The summed E-state index contributed by atoms with van der Waals surface area (Å²) < 4.78 is 0. The van der Waals surface area contributed by atoms with Gasteiger partial charge in [0.25, 0.3) is 0 Å². The van der Waals surface area contributed by atoms with Crippen molar-refractivity contribution < 1.29 is 5.11 Å². The normalized spacial score (nSPS) is 26.1. The van der Waals surface area contributed by atoms with E-state index in [2.05, 4.69) is 46.4 Å². The van der Waals surface area contributed by atoms with Gasteiger partial charge in [0, 0.05) is 12.1 Å². The molecule has 0 spiro atoms. The molecule has 1 heterocycles. The van der Waals surface area contributed by atoms with E-state index in [1.165, 1.54) is 19.3 Å². The number of aliphatic hydroxyl groups is 1. The van der Waals surface area contributed by atoms with Crippen LogP contribution in [-0.4, -0.2) is 41.8 Å². The molecule has 120 valence electrons. The molecule has 0 amide bonds. The van der Waals surface area contributed by atoms with Gasteiger partial charge in [0.2, 0.25) is 0 Å². The third-order valence-electron chi connectivity index (χ3n) is 5.06. The number of nitrogens with two attached hydrogens (primary N) is 1. The van der Waals surface area contributed by atoms with E-state index >= 15 is 0 Å². The van der Waals surface area contributed by atoms with Crippen LogP contribution in [0.5, 0.6) is 0 Å². The highest BCUT2D eigenvalue weighted by molar-refractivity contribution is 4.91. The van der Waals surface area contributed by atoms with Gasteiger partial charge in [-0.15, -0.1) is 0 Å². The van der Waals surface area contributed by atoms with Crippen LogP contribution in [0.15, 0.2) is 0 Å². The summed E-state index contributed by atoms with van der Waals surface area (Å²) in [5, 5.41) is 9.81. The molecule has 0 aromatic rings. The zero-order valence-electron chi connectivity index (χ0n) is 14.4. The molecule has 20 heavy (non-hydrogen) atoms. The van der Waals surface area contributed by atoms with Crippen LogP contribution in [0.2, 0.25) is 0 Å². The Morgan fingerprint density at radius 1 is 1.10 bits per heavy atom. The number of aliphatic hydroxyl groups excluding tert-OH is 1. The van der Waals surface area contributed by atoms with Gasteiger partial charge in [0.05, 0.1) is 6.61 Å². The van der Waals surface area contributed by atoms with Crippen molar-refractivity contribution in [1.82, 2.24) is 4.90 Å². The summed E-state index contributed by atoms with van der Waals surface area (Å²) >= 11 is 0. The maximum atomic E-state index is 9.81. The van der Waals surface area contributed by atoms with E-state index in [0.29, 0.717) is 5.41 Å². The molecule has 0 saturated carbocycles. The van der Waals surface area contributed by atoms with Gasteiger partial charge in [-0.05, 0) is 49.1 Å². The van der Waals surface area contributed by atoms with Crippen molar-refractivity contribution in [3.63, 3.8) is 0 Å². The van der Waals surface area contributed by atoms with Crippen LogP contribution >= 0.6 is 0 Å². The minimum absolute atomic E-state index is 0.0127. The lowest BCUT2D eigenvalue weighted by atomic mass is 9.76. The highest BCUT2D eigenvalue weighted by atomic mass is 16.3. The number of nitrogens with zero attached hydrogens (tertiary/aromatic N) is 1. The smallest absolute Gasteiger partial charge is 0.0602 e. The molecule has 1 saturated heterocycles. The SMILES string of the molecule is CC(C)(C)C1CCCN(C(CO)C(N)C(C)(C)C)CC1. The number of hydrogen-bond acceptors (Lipinski definition) is 3. The zero-order chi connectivity index (χ0) is 15.6. The van der Waals surface area contributed by atoms with Crippen molar-refractivity contribution in [2.24, 2.45) is 22.5 Å². The molecule has 1 rings (SSSR count). The first-order valence-electron chi connectivity index (χ1n) is 8.18. The Morgan fingerprint density at radius 2 is 1.70 bits per heavy atom. The van der Waals surface area contributed by atoms with E-state index < -0.39 is 0 Å². The lowest BCUT2D eigenvalue weighted by molar-refractivity contribution is 0.0707. The van der Waals surface area contributed by atoms with Crippen molar-refractivity contribution in [3.05, 3.63) is 0 Å². The summed E-state index contributed by atoms with van der Waals surface area (Å²) in [6.45, 7) is 15.8. The molecule has 1 aliphatic heterocycles. The van der Waals surface area contributed by atoms with E-state index in [9.17, 15) is 5.11 Å². The fourth-order valence-corrected chi connectivity index (χ4v) is 3.35. The Hall–Kier alpha value is -0.120. The number of hydrogen-bond donors (Lipinski definition) is 2. The fraction of sp³-hybridized carbons (Fsp3) is 1.00. The standard InChI is InChI=1S/C17H36N2O/c1-16(2,3)13-8-7-10-19(11-9-13)14(12-20)15(18)17(4,5)6/h13-15,20H,7-12,18H2,1-6H3. The monoisotopic (exact) mass is 284 g/mol. The largest absolute Gasteiger partial charge is 0.395 e. The van der Waals surface area contributed by atoms with E-state index in [-0.39, 0.29) is 24.1 Å². The van der Waals surface area contributed by atoms with Crippen LogP contribution in [0.4, 0.5) is 0 Å².